The normalized spacial score (nSPS) is 13.6. The van der Waals surface area contributed by atoms with Crippen molar-refractivity contribution in [2.75, 3.05) is 12.3 Å². The van der Waals surface area contributed by atoms with E-state index in [1.807, 2.05) is 0 Å². The van der Waals surface area contributed by atoms with Crippen molar-refractivity contribution in [1.29, 1.82) is 0 Å². The molecule has 2 aromatic carbocycles. The second-order valence-electron chi connectivity index (χ2n) is 5.15. The summed E-state index contributed by atoms with van der Waals surface area (Å²) in [6.07, 6.45) is 0. The van der Waals surface area contributed by atoms with E-state index in [2.05, 4.69) is 4.72 Å². The zero-order valence-electron chi connectivity index (χ0n) is 13.0. The average molecular weight is 371 g/mol. The Morgan fingerprint density at radius 2 is 1.54 bits per heavy atom. The van der Waals surface area contributed by atoms with Gasteiger partial charge in [-0.25, -0.2) is 25.9 Å². The van der Waals surface area contributed by atoms with Crippen molar-refractivity contribution in [3.8, 4) is 0 Å². The summed E-state index contributed by atoms with van der Waals surface area (Å²) in [7, 11) is -7.44. The minimum absolute atomic E-state index is 0.0616. The summed E-state index contributed by atoms with van der Waals surface area (Å²) in [6, 6.07) is 12.8. The van der Waals surface area contributed by atoms with Crippen molar-refractivity contribution in [2.45, 2.75) is 17.1 Å². The van der Waals surface area contributed by atoms with Gasteiger partial charge in [-0.15, -0.1) is 0 Å². The SMILES string of the molecule is CCS(=O)(=O)NCC(c1ccccc1)S(=O)(=O)c1ccc(F)cc1. The minimum atomic E-state index is -3.90. The molecule has 0 bridgehead atoms. The third-order valence-corrected chi connectivity index (χ3v) is 7.04. The zero-order chi connectivity index (χ0) is 17.8. The van der Waals surface area contributed by atoms with Crippen molar-refractivity contribution >= 4 is 19.9 Å². The van der Waals surface area contributed by atoms with E-state index in [0.29, 0.717) is 5.56 Å². The van der Waals surface area contributed by atoms with Gasteiger partial charge in [0.2, 0.25) is 10.0 Å². The van der Waals surface area contributed by atoms with Crippen LogP contribution in [0.4, 0.5) is 4.39 Å². The number of sulfonamides is 1. The first-order valence-electron chi connectivity index (χ1n) is 7.28. The number of rotatable bonds is 7. The largest absolute Gasteiger partial charge is 0.223 e. The minimum Gasteiger partial charge on any atom is -0.223 e. The topological polar surface area (TPSA) is 80.3 Å². The molecule has 0 aromatic heterocycles. The van der Waals surface area contributed by atoms with E-state index < -0.39 is 30.9 Å². The van der Waals surface area contributed by atoms with Crippen LogP contribution in [0.5, 0.6) is 0 Å². The number of nitrogens with one attached hydrogen (secondary N) is 1. The molecule has 0 heterocycles. The zero-order valence-corrected chi connectivity index (χ0v) is 14.6. The van der Waals surface area contributed by atoms with E-state index >= 15 is 0 Å². The maximum absolute atomic E-state index is 13.1. The van der Waals surface area contributed by atoms with Gasteiger partial charge in [0, 0.05) is 6.54 Å². The van der Waals surface area contributed by atoms with Crippen LogP contribution in [0.15, 0.2) is 59.5 Å². The molecule has 130 valence electrons. The highest BCUT2D eigenvalue weighted by Gasteiger charge is 2.30. The van der Waals surface area contributed by atoms with E-state index in [0.717, 1.165) is 12.1 Å². The lowest BCUT2D eigenvalue weighted by molar-refractivity contribution is 0.569. The van der Waals surface area contributed by atoms with E-state index in [9.17, 15) is 21.2 Å². The summed E-state index contributed by atoms with van der Waals surface area (Å²) >= 11 is 0. The number of halogens is 1. The van der Waals surface area contributed by atoms with Gasteiger partial charge in [-0.3, -0.25) is 0 Å². The lowest BCUT2D eigenvalue weighted by Crippen LogP contribution is -2.32. The summed E-state index contributed by atoms with van der Waals surface area (Å²) < 4.78 is 64.5. The van der Waals surface area contributed by atoms with Gasteiger partial charge in [-0.05, 0) is 36.8 Å². The molecule has 0 amide bonds. The molecule has 5 nitrogen and oxygen atoms in total. The third kappa shape index (κ3) is 4.40. The fraction of sp³-hybridized carbons (Fsp3) is 0.250. The Morgan fingerprint density at radius 3 is 2.08 bits per heavy atom. The predicted octanol–water partition coefficient (Wildman–Crippen LogP) is 2.28. The van der Waals surface area contributed by atoms with Crippen LogP contribution >= 0.6 is 0 Å². The Morgan fingerprint density at radius 1 is 0.958 bits per heavy atom. The molecule has 24 heavy (non-hydrogen) atoms. The van der Waals surface area contributed by atoms with Gasteiger partial charge in [-0.2, -0.15) is 0 Å². The second kappa shape index (κ2) is 7.42. The highest BCUT2D eigenvalue weighted by Crippen LogP contribution is 2.28. The van der Waals surface area contributed by atoms with Gasteiger partial charge in [0.05, 0.1) is 10.6 Å². The Labute approximate surface area is 141 Å². The van der Waals surface area contributed by atoms with Crippen LogP contribution < -0.4 is 4.72 Å². The third-order valence-electron chi connectivity index (χ3n) is 3.56. The van der Waals surface area contributed by atoms with Crippen LogP contribution in [0.1, 0.15) is 17.7 Å². The number of sulfone groups is 1. The Hall–Kier alpha value is -1.77. The highest BCUT2D eigenvalue weighted by atomic mass is 32.2. The van der Waals surface area contributed by atoms with Gasteiger partial charge in [0.25, 0.3) is 0 Å². The van der Waals surface area contributed by atoms with Gasteiger partial charge < -0.3 is 0 Å². The van der Waals surface area contributed by atoms with E-state index in [1.54, 1.807) is 30.3 Å². The lowest BCUT2D eigenvalue weighted by Gasteiger charge is -2.19. The van der Waals surface area contributed by atoms with Crippen LogP contribution in [0.3, 0.4) is 0 Å². The predicted molar refractivity (Wildman–Crippen MR) is 90.2 cm³/mol. The molecule has 8 heteroatoms. The molecule has 0 saturated heterocycles. The first-order valence-corrected chi connectivity index (χ1v) is 10.5. The molecular formula is C16H18FNO4S2. The lowest BCUT2D eigenvalue weighted by atomic mass is 10.1. The molecular weight excluding hydrogens is 353 g/mol. The first kappa shape index (κ1) is 18.6. The van der Waals surface area contributed by atoms with Crippen LogP contribution in [0, 0.1) is 5.82 Å². The van der Waals surface area contributed by atoms with Crippen LogP contribution in [0.2, 0.25) is 0 Å². The smallest absolute Gasteiger partial charge is 0.211 e. The molecule has 1 atom stereocenters. The van der Waals surface area contributed by atoms with Crippen molar-refractivity contribution in [3.63, 3.8) is 0 Å². The average Bonchev–Trinajstić information content (AvgIpc) is 2.56. The molecule has 1 N–H and O–H groups in total. The van der Waals surface area contributed by atoms with Crippen molar-refractivity contribution in [2.24, 2.45) is 0 Å². The van der Waals surface area contributed by atoms with E-state index in [-0.39, 0.29) is 17.2 Å². The van der Waals surface area contributed by atoms with E-state index in [1.165, 1.54) is 19.1 Å². The molecule has 0 aliphatic rings. The molecule has 0 aliphatic heterocycles. The van der Waals surface area contributed by atoms with Gasteiger partial charge in [-0.1, -0.05) is 30.3 Å². The Kier molecular flexibility index (Phi) is 5.74. The van der Waals surface area contributed by atoms with Gasteiger partial charge in [0.15, 0.2) is 9.84 Å². The highest BCUT2D eigenvalue weighted by molar-refractivity contribution is 7.92. The molecule has 2 rings (SSSR count). The maximum atomic E-state index is 13.1. The fourth-order valence-electron chi connectivity index (χ4n) is 2.17. The molecule has 0 fully saturated rings. The quantitative estimate of drug-likeness (QED) is 0.757. The first-order chi connectivity index (χ1) is 11.3. The van der Waals surface area contributed by atoms with Crippen molar-refractivity contribution < 1.29 is 21.2 Å². The molecule has 0 saturated carbocycles. The monoisotopic (exact) mass is 371 g/mol. The fourth-order valence-corrected chi connectivity index (χ4v) is 4.56. The summed E-state index contributed by atoms with van der Waals surface area (Å²) in [5, 5.41) is -1.11. The number of hydrogen-bond acceptors (Lipinski definition) is 4. The van der Waals surface area contributed by atoms with Gasteiger partial charge >= 0.3 is 0 Å². The molecule has 0 spiro atoms. The Balaban J connectivity index is 2.43. The maximum Gasteiger partial charge on any atom is 0.211 e. The Bertz CT molecular complexity index is 879. The van der Waals surface area contributed by atoms with E-state index in [4.69, 9.17) is 0 Å². The van der Waals surface area contributed by atoms with Crippen LogP contribution in [-0.4, -0.2) is 29.1 Å². The molecule has 1 unspecified atom stereocenters. The summed E-state index contributed by atoms with van der Waals surface area (Å²) in [5.41, 5.74) is 0.459. The van der Waals surface area contributed by atoms with Crippen LogP contribution in [0.25, 0.3) is 0 Å². The standard InChI is InChI=1S/C16H18FNO4S2/c1-2-23(19,20)18-12-16(13-6-4-3-5-7-13)24(21,22)15-10-8-14(17)9-11-15/h3-11,16,18H,2,12H2,1H3. The summed E-state index contributed by atoms with van der Waals surface area (Å²) in [5.74, 6) is -0.692. The van der Waals surface area contributed by atoms with Crippen LogP contribution in [-0.2, 0) is 19.9 Å². The molecule has 0 radical (unpaired) electrons. The van der Waals surface area contributed by atoms with Crippen molar-refractivity contribution in [1.82, 2.24) is 4.72 Å². The second-order valence-corrected chi connectivity index (χ2v) is 9.38. The summed E-state index contributed by atoms with van der Waals surface area (Å²) in [6.45, 7) is 1.17. The summed E-state index contributed by atoms with van der Waals surface area (Å²) in [4.78, 5) is -0.0616. The van der Waals surface area contributed by atoms with Gasteiger partial charge in [0.1, 0.15) is 11.1 Å². The number of hydrogen-bond donors (Lipinski definition) is 1. The molecule has 2 aromatic rings. The number of benzene rings is 2. The van der Waals surface area contributed by atoms with Crippen molar-refractivity contribution in [3.05, 3.63) is 66.0 Å². The molecule has 0 aliphatic carbocycles.